The van der Waals surface area contributed by atoms with Gasteiger partial charge in [0.05, 0.1) is 17.4 Å². The molecule has 6 nitrogen and oxygen atoms in total. The molecule has 2 aliphatic heterocycles. The second-order valence-corrected chi connectivity index (χ2v) is 19.3. The number of hydrogen-bond acceptors (Lipinski definition) is 5. The third-order valence-electron chi connectivity index (χ3n) is 7.17. The van der Waals surface area contributed by atoms with Crippen LogP contribution >= 0.6 is 0 Å². The summed E-state index contributed by atoms with van der Waals surface area (Å²) in [6.45, 7) is 16.5. The fraction of sp³-hybridized carbons (Fsp3) is 0.571. The lowest BCUT2D eigenvalue weighted by atomic mass is 10.1. The van der Waals surface area contributed by atoms with Crippen molar-refractivity contribution in [3.63, 3.8) is 0 Å². The van der Waals surface area contributed by atoms with Gasteiger partial charge in [0.2, 0.25) is 10.0 Å². The first kappa shape index (κ1) is 27.5. The fourth-order valence-electron chi connectivity index (χ4n) is 5.32. The summed E-state index contributed by atoms with van der Waals surface area (Å²) in [5.74, 6) is -0.816. The van der Waals surface area contributed by atoms with Crippen LogP contribution in [-0.2, 0) is 23.9 Å². The predicted molar refractivity (Wildman–Crippen MR) is 147 cm³/mol. The van der Waals surface area contributed by atoms with Crippen molar-refractivity contribution in [2.75, 3.05) is 13.2 Å². The van der Waals surface area contributed by atoms with E-state index >= 15 is 0 Å². The normalized spacial score (nSPS) is 26.7. The topological polar surface area (TPSA) is 64.8 Å². The molecule has 0 N–H and O–H groups in total. The van der Waals surface area contributed by atoms with Gasteiger partial charge in [0.1, 0.15) is 12.2 Å². The Kier molecular flexibility index (Phi) is 7.12. The molecule has 0 aliphatic carbocycles. The first-order valence-corrected chi connectivity index (χ1v) is 16.1. The van der Waals surface area contributed by atoms with Crippen LogP contribution in [0.1, 0.15) is 55.4 Å². The first-order chi connectivity index (χ1) is 16.6. The second-order valence-electron chi connectivity index (χ2n) is 12.4. The molecule has 0 aromatic heterocycles. The van der Waals surface area contributed by atoms with Gasteiger partial charge in [0, 0.05) is 6.54 Å². The van der Waals surface area contributed by atoms with Crippen molar-refractivity contribution in [3.8, 4) is 0 Å². The SMILES string of the molecule is CC1(C)OC(CO[Si](c2ccccc2)(c2ccccc2)C(C)(C)C)C(C2CN2S(=O)(=O)C(C)(C)C)O1. The van der Waals surface area contributed by atoms with Gasteiger partial charge in [-0.05, 0) is 50.0 Å². The maximum absolute atomic E-state index is 13.1. The fourth-order valence-corrected chi connectivity index (χ4v) is 11.4. The lowest BCUT2D eigenvalue weighted by Crippen LogP contribution is -2.67. The zero-order valence-electron chi connectivity index (χ0n) is 22.8. The van der Waals surface area contributed by atoms with E-state index in [0.717, 1.165) is 0 Å². The highest BCUT2D eigenvalue weighted by molar-refractivity contribution is 7.90. The molecule has 2 saturated heterocycles. The summed E-state index contributed by atoms with van der Waals surface area (Å²) in [7, 11) is -6.20. The van der Waals surface area contributed by atoms with Crippen molar-refractivity contribution >= 4 is 28.7 Å². The van der Waals surface area contributed by atoms with Gasteiger partial charge >= 0.3 is 0 Å². The largest absolute Gasteiger partial charge is 0.405 e. The van der Waals surface area contributed by atoms with Gasteiger partial charge in [0.25, 0.3) is 8.32 Å². The van der Waals surface area contributed by atoms with E-state index < -0.39 is 35.0 Å². The van der Waals surface area contributed by atoms with Gasteiger partial charge in [-0.15, -0.1) is 0 Å². The summed E-state index contributed by atoms with van der Waals surface area (Å²) in [4.78, 5) is 0. The molecule has 0 radical (unpaired) electrons. The van der Waals surface area contributed by atoms with Crippen LogP contribution in [0.2, 0.25) is 5.04 Å². The summed E-state index contributed by atoms with van der Waals surface area (Å²) in [5, 5.41) is 2.23. The third-order valence-corrected chi connectivity index (χ3v) is 14.8. The van der Waals surface area contributed by atoms with Crippen LogP contribution in [0.15, 0.2) is 60.7 Å². The number of sulfonamides is 1. The Hall–Kier alpha value is -1.55. The van der Waals surface area contributed by atoms with E-state index in [9.17, 15) is 8.42 Å². The molecule has 36 heavy (non-hydrogen) atoms. The summed E-state index contributed by atoms with van der Waals surface area (Å²) >= 11 is 0. The molecule has 4 rings (SSSR count). The molecule has 198 valence electrons. The smallest absolute Gasteiger partial charge is 0.261 e. The molecule has 0 amide bonds. The maximum Gasteiger partial charge on any atom is 0.261 e. The molecule has 2 aliphatic rings. The second kappa shape index (κ2) is 9.33. The van der Waals surface area contributed by atoms with E-state index in [2.05, 4.69) is 69.3 Å². The molecule has 0 saturated carbocycles. The van der Waals surface area contributed by atoms with Crippen LogP contribution < -0.4 is 10.4 Å². The summed E-state index contributed by atoms with van der Waals surface area (Å²) in [6, 6.07) is 20.7. The van der Waals surface area contributed by atoms with E-state index in [1.165, 1.54) is 10.4 Å². The average molecular weight is 532 g/mol. The lowest BCUT2D eigenvalue weighted by Gasteiger charge is -2.43. The van der Waals surface area contributed by atoms with E-state index in [4.69, 9.17) is 13.9 Å². The van der Waals surface area contributed by atoms with Crippen molar-refractivity contribution in [3.05, 3.63) is 60.7 Å². The van der Waals surface area contributed by atoms with Gasteiger partial charge < -0.3 is 13.9 Å². The quantitative estimate of drug-likeness (QED) is 0.401. The molecule has 0 spiro atoms. The highest BCUT2D eigenvalue weighted by Gasteiger charge is 2.59. The van der Waals surface area contributed by atoms with E-state index in [-0.39, 0.29) is 17.2 Å². The Morgan fingerprint density at radius 2 is 1.42 bits per heavy atom. The van der Waals surface area contributed by atoms with Gasteiger partial charge in [-0.2, -0.15) is 4.31 Å². The zero-order chi connectivity index (χ0) is 26.6. The molecule has 8 heteroatoms. The minimum atomic E-state index is -3.44. The molecule has 2 fully saturated rings. The Labute approximate surface area is 218 Å². The van der Waals surface area contributed by atoms with Crippen molar-refractivity contribution in [1.82, 2.24) is 4.31 Å². The van der Waals surface area contributed by atoms with Crippen LogP contribution in [0.25, 0.3) is 0 Å². The van der Waals surface area contributed by atoms with Crippen molar-refractivity contribution in [2.45, 2.75) is 89.2 Å². The van der Waals surface area contributed by atoms with Crippen LogP contribution in [0.3, 0.4) is 0 Å². The van der Waals surface area contributed by atoms with Crippen molar-refractivity contribution in [1.29, 1.82) is 0 Å². The number of hydrogen-bond donors (Lipinski definition) is 0. The van der Waals surface area contributed by atoms with Gasteiger partial charge in [-0.3, -0.25) is 0 Å². The Morgan fingerprint density at radius 3 is 1.86 bits per heavy atom. The van der Waals surface area contributed by atoms with E-state index in [0.29, 0.717) is 13.2 Å². The Morgan fingerprint density at radius 1 is 0.917 bits per heavy atom. The van der Waals surface area contributed by atoms with E-state index in [1.807, 2.05) is 26.0 Å². The van der Waals surface area contributed by atoms with Gasteiger partial charge in [-0.1, -0.05) is 81.4 Å². The predicted octanol–water partition coefficient (Wildman–Crippen LogP) is 3.90. The highest BCUT2D eigenvalue weighted by Crippen LogP contribution is 2.42. The zero-order valence-corrected chi connectivity index (χ0v) is 24.6. The van der Waals surface area contributed by atoms with Gasteiger partial charge in [-0.25, -0.2) is 8.42 Å². The molecular weight excluding hydrogens is 490 g/mol. The average Bonchev–Trinajstić information content (AvgIpc) is 3.53. The van der Waals surface area contributed by atoms with Crippen molar-refractivity contribution < 1.29 is 22.3 Å². The minimum Gasteiger partial charge on any atom is -0.405 e. The molecular formula is C28H41NO5SSi. The molecule has 4 atom stereocenters. The van der Waals surface area contributed by atoms with Crippen LogP contribution in [0.5, 0.6) is 0 Å². The Bertz CT molecular complexity index is 1120. The van der Waals surface area contributed by atoms with E-state index in [1.54, 1.807) is 25.1 Å². The van der Waals surface area contributed by atoms with Gasteiger partial charge in [0.15, 0.2) is 5.79 Å². The minimum absolute atomic E-state index is 0.165. The number of rotatable bonds is 7. The number of nitrogens with zero attached hydrogens (tertiary/aromatic N) is 1. The van der Waals surface area contributed by atoms with Crippen LogP contribution in [-0.4, -0.2) is 63.0 Å². The Balaban J connectivity index is 1.67. The standard InChI is InChI=1S/C28H41NO5SSi/c1-26(2,3)35(30,31)29-19-23(29)25-24(33-28(7,8)34-25)20-32-36(27(4,5)6,21-15-11-9-12-16-21)22-17-13-10-14-18-22/h9-18,23-25H,19-20H2,1-8H3. The number of ether oxygens (including phenoxy) is 2. The monoisotopic (exact) mass is 531 g/mol. The molecule has 0 bridgehead atoms. The lowest BCUT2D eigenvalue weighted by molar-refractivity contribution is -0.148. The maximum atomic E-state index is 13.1. The third kappa shape index (κ3) is 4.96. The van der Waals surface area contributed by atoms with Crippen LogP contribution in [0, 0.1) is 0 Å². The molecule has 2 aromatic carbocycles. The summed E-state index contributed by atoms with van der Waals surface area (Å²) < 4.78 is 46.6. The molecule has 2 aromatic rings. The summed E-state index contributed by atoms with van der Waals surface area (Å²) in [5.41, 5.74) is 0. The van der Waals surface area contributed by atoms with Crippen molar-refractivity contribution in [2.24, 2.45) is 0 Å². The number of benzene rings is 2. The molecule has 4 unspecified atom stereocenters. The first-order valence-electron chi connectivity index (χ1n) is 12.7. The highest BCUT2D eigenvalue weighted by atomic mass is 32.2. The van der Waals surface area contributed by atoms with Crippen LogP contribution in [0.4, 0.5) is 0 Å². The summed E-state index contributed by atoms with van der Waals surface area (Å²) in [6.07, 6.45) is -0.776. The molecule has 2 heterocycles.